The third-order valence-corrected chi connectivity index (χ3v) is 7.80. The first kappa shape index (κ1) is 25.6. The Morgan fingerprint density at radius 2 is 1.71 bits per heavy atom. The quantitative estimate of drug-likeness (QED) is 0.146. The number of hydrogen-bond acceptors (Lipinski definition) is 5. The number of carbonyl (C=O) groups excluding carboxylic acids is 1. The molecule has 2 aromatic carbocycles. The van der Waals surface area contributed by atoms with E-state index in [0.717, 1.165) is 11.1 Å². The third-order valence-electron chi connectivity index (χ3n) is 5.21. The van der Waals surface area contributed by atoms with Gasteiger partial charge in [0.2, 0.25) is 0 Å². The Morgan fingerprint density at radius 1 is 0.971 bits per heavy atom. The number of hydrogen-bond donors (Lipinski definition) is 0. The maximum atomic E-state index is 12.6. The minimum atomic E-state index is -0.556. The lowest BCUT2D eigenvalue weighted by Gasteiger charge is -2.31. The molecule has 10 heteroatoms. The first-order valence-electron chi connectivity index (χ1n) is 10.2. The van der Waals surface area contributed by atoms with Crippen LogP contribution < -0.4 is 0 Å². The largest absolute Gasteiger partial charge is 0.365 e. The van der Waals surface area contributed by atoms with Crippen molar-refractivity contribution < 1.29 is 9.53 Å². The summed E-state index contributed by atoms with van der Waals surface area (Å²) in [6, 6.07) is 16.1. The molecule has 4 nitrogen and oxygen atoms in total. The van der Waals surface area contributed by atoms with Crippen LogP contribution in [0.2, 0.25) is 19.4 Å². The Bertz CT molecular complexity index is 1180. The highest BCUT2D eigenvalue weighted by molar-refractivity contribution is 7.18. The molecule has 4 rings (SSSR count). The van der Waals surface area contributed by atoms with Crippen molar-refractivity contribution in [3.63, 3.8) is 0 Å². The van der Waals surface area contributed by atoms with Crippen LogP contribution in [0.15, 0.2) is 67.0 Å². The van der Waals surface area contributed by atoms with Crippen LogP contribution in [0.3, 0.4) is 0 Å². The lowest BCUT2D eigenvalue weighted by molar-refractivity contribution is 0.00699. The van der Waals surface area contributed by atoms with Gasteiger partial charge in [0.1, 0.15) is 11.6 Å². The smallest absolute Gasteiger partial charge is 0.192 e. The molecule has 0 amide bonds. The molecule has 3 aromatic rings. The molecule has 2 heterocycles. The van der Waals surface area contributed by atoms with Gasteiger partial charge in [0.15, 0.2) is 5.78 Å². The molecule has 0 spiro atoms. The Hall–Kier alpha value is -1.44. The second kappa shape index (κ2) is 11.5. The van der Waals surface area contributed by atoms with Crippen molar-refractivity contribution in [1.82, 2.24) is 9.80 Å². The number of ether oxygens (including phenoxy) is 1. The molecule has 0 saturated carbocycles. The van der Waals surface area contributed by atoms with Crippen molar-refractivity contribution in [2.24, 2.45) is 0 Å². The van der Waals surface area contributed by atoms with E-state index in [2.05, 4.69) is 0 Å². The van der Waals surface area contributed by atoms with Crippen molar-refractivity contribution in [2.75, 3.05) is 13.2 Å². The molecular formula is C24H19Cl5N2O2S. The predicted molar refractivity (Wildman–Crippen MR) is 141 cm³/mol. The van der Waals surface area contributed by atoms with E-state index in [4.69, 9.17) is 62.7 Å². The Morgan fingerprint density at radius 3 is 2.38 bits per heavy atom. The summed E-state index contributed by atoms with van der Waals surface area (Å²) >= 11 is 32.6. The van der Waals surface area contributed by atoms with E-state index in [9.17, 15) is 4.79 Å². The predicted octanol–water partition coefficient (Wildman–Crippen LogP) is 8.11. The van der Waals surface area contributed by atoms with Gasteiger partial charge in [-0.25, -0.2) is 0 Å². The van der Waals surface area contributed by atoms with Crippen molar-refractivity contribution in [2.45, 2.75) is 18.2 Å². The lowest BCUT2D eigenvalue weighted by Crippen LogP contribution is -2.37. The van der Waals surface area contributed by atoms with Crippen molar-refractivity contribution in [1.29, 1.82) is 0 Å². The van der Waals surface area contributed by atoms with Gasteiger partial charge in [-0.2, -0.15) is 0 Å². The number of ketones is 1. The summed E-state index contributed by atoms with van der Waals surface area (Å²) in [6.07, 6.45) is 3.20. The molecule has 1 aromatic heterocycles. The van der Waals surface area contributed by atoms with Crippen molar-refractivity contribution in [3.05, 3.63) is 102 Å². The van der Waals surface area contributed by atoms with E-state index >= 15 is 0 Å². The van der Waals surface area contributed by atoms with Gasteiger partial charge >= 0.3 is 0 Å². The van der Waals surface area contributed by atoms with Crippen LogP contribution in [0, 0.1) is 0 Å². The number of alkyl halides is 1. The molecule has 2 unspecified atom stereocenters. The number of Topliss-reactive ketones (excluding diaryl/α,β-unsaturated/α-hetero) is 1. The molecule has 0 bridgehead atoms. The summed E-state index contributed by atoms with van der Waals surface area (Å²) in [5, 5.41) is 1.70. The number of thiophene rings is 1. The van der Waals surface area contributed by atoms with Crippen LogP contribution >= 0.6 is 69.3 Å². The topological polar surface area (TPSA) is 32.8 Å². The molecule has 34 heavy (non-hydrogen) atoms. The van der Waals surface area contributed by atoms with E-state index in [0.29, 0.717) is 31.0 Å². The summed E-state index contributed by atoms with van der Waals surface area (Å²) in [4.78, 5) is 17.0. The van der Waals surface area contributed by atoms with Crippen LogP contribution in [0.5, 0.6) is 0 Å². The monoisotopic (exact) mass is 574 g/mol. The fourth-order valence-corrected chi connectivity index (χ4v) is 5.36. The van der Waals surface area contributed by atoms with Crippen LogP contribution in [-0.4, -0.2) is 34.3 Å². The van der Waals surface area contributed by atoms with Gasteiger partial charge < -0.3 is 14.5 Å². The zero-order valence-electron chi connectivity index (χ0n) is 17.6. The number of benzene rings is 2. The molecule has 0 N–H and O–H groups in total. The molecule has 2 atom stereocenters. The zero-order chi connectivity index (χ0) is 24.2. The molecule has 1 aliphatic heterocycles. The number of carbonyl (C=O) groups is 1. The van der Waals surface area contributed by atoms with Gasteiger partial charge in [0, 0.05) is 27.5 Å². The van der Waals surface area contributed by atoms with E-state index in [1.807, 2.05) is 40.4 Å². The van der Waals surface area contributed by atoms with Crippen molar-refractivity contribution in [3.8, 4) is 0 Å². The lowest BCUT2D eigenvalue weighted by atomic mass is 10.1. The Balaban J connectivity index is 1.45. The Labute approximate surface area is 227 Å². The van der Waals surface area contributed by atoms with Crippen LogP contribution in [-0.2, 0) is 11.3 Å². The summed E-state index contributed by atoms with van der Waals surface area (Å²) in [7, 11) is 0. The fourth-order valence-electron chi connectivity index (χ4n) is 3.45. The SMILES string of the molecule is O=C(CN1C=CN(C(Cl)C(OCc2ccc(Cl)cc2Cl)c2ccc(Cl)cc2)C1)c1ccc(Cl)s1. The van der Waals surface area contributed by atoms with Crippen LogP contribution in [0.4, 0.5) is 0 Å². The number of rotatable bonds is 9. The molecule has 0 radical (unpaired) electrons. The minimum absolute atomic E-state index is 0.00240. The van der Waals surface area contributed by atoms with E-state index < -0.39 is 11.6 Å². The maximum absolute atomic E-state index is 12.6. The van der Waals surface area contributed by atoms with E-state index in [-0.39, 0.29) is 18.9 Å². The maximum Gasteiger partial charge on any atom is 0.192 e. The third kappa shape index (κ3) is 6.41. The summed E-state index contributed by atoms with van der Waals surface area (Å²) in [6.45, 7) is 0.903. The molecule has 1 aliphatic rings. The normalized spacial score (nSPS) is 15.1. The molecular weight excluding hydrogens is 558 g/mol. The second-order valence-corrected chi connectivity index (χ2v) is 11.1. The fraction of sp³-hybridized carbons (Fsp3) is 0.208. The number of halogens is 5. The molecule has 0 aliphatic carbocycles. The summed E-state index contributed by atoms with van der Waals surface area (Å²) < 4.78 is 6.85. The molecule has 178 valence electrons. The van der Waals surface area contributed by atoms with Gasteiger partial charge in [-0.1, -0.05) is 76.2 Å². The Kier molecular flexibility index (Phi) is 8.70. The summed E-state index contributed by atoms with van der Waals surface area (Å²) in [5.41, 5.74) is 1.11. The average Bonchev–Trinajstić information content (AvgIpc) is 3.45. The molecule has 0 saturated heterocycles. The van der Waals surface area contributed by atoms with Gasteiger partial charge in [-0.05, 0) is 47.5 Å². The van der Waals surface area contributed by atoms with Crippen molar-refractivity contribution >= 4 is 75.1 Å². The highest BCUT2D eigenvalue weighted by Gasteiger charge is 2.30. The van der Waals surface area contributed by atoms with E-state index in [1.54, 1.807) is 36.4 Å². The van der Waals surface area contributed by atoms with Gasteiger partial charge in [0.25, 0.3) is 0 Å². The highest BCUT2D eigenvalue weighted by Crippen LogP contribution is 2.33. The zero-order valence-corrected chi connectivity index (χ0v) is 22.2. The van der Waals surface area contributed by atoms with Gasteiger partial charge in [0.05, 0.1) is 29.0 Å². The van der Waals surface area contributed by atoms with Gasteiger partial charge in [-0.3, -0.25) is 4.79 Å². The second-order valence-electron chi connectivity index (χ2n) is 7.62. The van der Waals surface area contributed by atoms with Gasteiger partial charge in [-0.15, -0.1) is 11.3 Å². The van der Waals surface area contributed by atoms with Crippen LogP contribution in [0.1, 0.15) is 26.9 Å². The first-order chi connectivity index (χ1) is 16.3. The standard InChI is InChI=1S/C24H19Cl5N2O2S/c25-17-4-1-15(2-5-17)23(33-13-16-3-6-18(26)11-19(16)27)24(29)31-10-9-30(14-31)12-20(32)21-7-8-22(28)34-21/h1-11,23-24H,12-14H2. The highest BCUT2D eigenvalue weighted by atomic mass is 35.5. The molecule has 0 fully saturated rings. The number of nitrogens with zero attached hydrogens (tertiary/aromatic N) is 2. The van der Waals surface area contributed by atoms with Crippen LogP contribution in [0.25, 0.3) is 0 Å². The first-order valence-corrected chi connectivity index (χ1v) is 13.0. The minimum Gasteiger partial charge on any atom is -0.365 e. The van der Waals surface area contributed by atoms with E-state index in [1.165, 1.54) is 11.3 Å². The average molecular weight is 577 g/mol. The summed E-state index contributed by atoms with van der Waals surface area (Å²) in [5.74, 6) is -0.00240.